The van der Waals surface area contributed by atoms with Crippen LogP contribution in [0.3, 0.4) is 0 Å². The summed E-state index contributed by atoms with van der Waals surface area (Å²) in [6.45, 7) is 0. The van der Waals surface area contributed by atoms with E-state index < -0.39 is 23.3 Å². The number of alkyl halides is 3. The molecule has 0 fully saturated rings. The number of carbonyl (C=O) groups excluding carboxylic acids is 1. The van der Waals surface area contributed by atoms with Crippen LogP contribution >= 0.6 is 11.6 Å². The molecule has 0 amide bonds. The average Bonchev–Trinajstić information content (AvgIpc) is 2.74. The summed E-state index contributed by atoms with van der Waals surface area (Å²) >= 11 is 5.46. The van der Waals surface area contributed by atoms with E-state index in [1.54, 1.807) is 0 Å². The number of ketones is 1. The molecule has 0 saturated heterocycles. The van der Waals surface area contributed by atoms with Gasteiger partial charge < -0.3 is 4.42 Å². The van der Waals surface area contributed by atoms with Crippen LogP contribution in [0.2, 0.25) is 5.22 Å². The van der Waals surface area contributed by atoms with Gasteiger partial charge in [-0.25, -0.2) is 4.39 Å². The number of furan rings is 1. The highest BCUT2D eigenvalue weighted by Gasteiger charge is 2.34. The maximum atomic E-state index is 13.1. The molecule has 0 unspecified atom stereocenters. The van der Waals surface area contributed by atoms with Crippen LogP contribution in [-0.2, 0) is 6.18 Å². The molecule has 2 rings (SSSR count). The molecule has 100 valence electrons. The SMILES string of the molecule is O=C(c1ccc(F)c(C(F)(F)F)c1)c1ccc(Cl)o1. The van der Waals surface area contributed by atoms with Crippen molar-refractivity contribution < 1.29 is 26.8 Å². The first-order chi connectivity index (χ1) is 8.79. The van der Waals surface area contributed by atoms with Crippen molar-refractivity contribution in [2.75, 3.05) is 0 Å². The summed E-state index contributed by atoms with van der Waals surface area (Å²) in [5.41, 5.74) is -1.84. The summed E-state index contributed by atoms with van der Waals surface area (Å²) in [6, 6.07) is 4.47. The van der Waals surface area contributed by atoms with Gasteiger partial charge in [-0.3, -0.25) is 4.79 Å². The zero-order chi connectivity index (χ0) is 14.2. The second-order valence-electron chi connectivity index (χ2n) is 3.63. The minimum atomic E-state index is -4.87. The standard InChI is InChI=1S/C12H5ClF4O2/c13-10-4-3-9(19-10)11(18)6-1-2-8(14)7(5-6)12(15,16)17/h1-5H. The van der Waals surface area contributed by atoms with Gasteiger partial charge in [0.2, 0.25) is 5.78 Å². The van der Waals surface area contributed by atoms with E-state index in [1.807, 2.05) is 0 Å². The predicted octanol–water partition coefficient (Wildman–Crippen LogP) is 4.32. The van der Waals surface area contributed by atoms with Crippen LogP contribution in [0, 0.1) is 5.82 Å². The van der Waals surface area contributed by atoms with E-state index in [0.717, 1.165) is 6.07 Å². The Kier molecular flexibility index (Phi) is 3.36. The van der Waals surface area contributed by atoms with E-state index in [-0.39, 0.29) is 16.5 Å². The largest absolute Gasteiger partial charge is 0.441 e. The number of hydrogen-bond donors (Lipinski definition) is 0. The van der Waals surface area contributed by atoms with Crippen molar-refractivity contribution in [3.8, 4) is 0 Å². The first kappa shape index (κ1) is 13.6. The number of rotatable bonds is 2. The van der Waals surface area contributed by atoms with Crippen molar-refractivity contribution in [3.05, 3.63) is 58.3 Å². The van der Waals surface area contributed by atoms with Gasteiger partial charge in [-0.05, 0) is 41.9 Å². The van der Waals surface area contributed by atoms with Gasteiger partial charge in [0.15, 0.2) is 11.0 Å². The zero-order valence-corrected chi connectivity index (χ0v) is 9.85. The van der Waals surface area contributed by atoms with E-state index in [2.05, 4.69) is 0 Å². The second kappa shape index (κ2) is 4.70. The van der Waals surface area contributed by atoms with Crippen molar-refractivity contribution in [2.24, 2.45) is 0 Å². The fourth-order valence-corrected chi connectivity index (χ4v) is 1.61. The summed E-state index contributed by atoms with van der Waals surface area (Å²) in [5, 5.41) is -0.0680. The highest BCUT2D eigenvalue weighted by molar-refractivity contribution is 6.29. The Labute approximate surface area is 109 Å². The minimum Gasteiger partial charge on any atom is -0.441 e. The highest BCUT2D eigenvalue weighted by atomic mass is 35.5. The van der Waals surface area contributed by atoms with Crippen molar-refractivity contribution in [2.45, 2.75) is 6.18 Å². The number of benzene rings is 1. The molecule has 0 radical (unpaired) electrons. The Morgan fingerprint density at radius 3 is 2.37 bits per heavy atom. The molecule has 2 nitrogen and oxygen atoms in total. The van der Waals surface area contributed by atoms with Crippen LogP contribution in [0.4, 0.5) is 17.6 Å². The molecular formula is C12H5ClF4O2. The Morgan fingerprint density at radius 2 is 1.84 bits per heavy atom. The third-order valence-corrected chi connectivity index (χ3v) is 2.53. The smallest absolute Gasteiger partial charge is 0.419 e. The predicted molar refractivity (Wildman–Crippen MR) is 58.6 cm³/mol. The van der Waals surface area contributed by atoms with E-state index in [1.165, 1.54) is 12.1 Å². The fraction of sp³-hybridized carbons (Fsp3) is 0.0833. The molecule has 7 heteroatoms. The minimum absolute atomic E-state index is 0.0680. The molecule has 0 N–H and O–H groups in total. The Hall–Kier alpha value is -1.82. The quantitative estimate of drug-likeness (QED) is 0.609. The number of carbonyl (C=O) groups is 1. The monoisotopic (exact) mass is 292 g/mol. The van der Waals surface area contributed by atoms with E-state index >= 15 is 0 Å². The Morgan fingerprint density at radius 1 is 1.16 bits per heavy atom. The molecule has 0 aliphatic carbocycles. The third kappa shape index (κ3) is 2.78. The molecule has 19 heavy (non-hydrogen) atoms. The molecule has 0 aliphatic heterocycles. The molecule has 0 spiro atoms. The lowest BCUT2D eigenvalue weighted by Gasteiger charge is -2.08. The summed E-state index contributed by atoms with van der Waals surface area (Å²) in [5.74, 6) is -2.47. The van der Waals surface area contributed by atoms with Crippen molar-refractivity contribution in [3.63, 3.8) is 0 Å². The Balaban J connectivity index is 2.44. The zero-order valence-electron chi connectivity index (χ0n) is 9.09. The molecule has 0 atom stereocenters. The van der Waals surface area contributed by atoms with Gasteiger partial charge in [-0.2, -0.15) is 13.2 Å². The van der Waals surface area contributed by atoms with E-state index in [9.17, 15) is 22.4 Å². The summed E-state index contributed by atoms with van der Waals surface area (Å²) in [6.07, 6.45) is -4.87. The molecule has 1 aromatic carbocycles. The molecule has 1 heterocycles. The highest BCUT2D eigenvalue weighted by Crippen LogP contribution is 2.32. The lowest BCUT2D eigenvalue weighted by molar-refractivity contribution is -0.140. The fourth-order valence-electron chi connectivity index (χ4n) is 1.46. The van der Waals surface area contributed by atoms with Gasteiger partial charge >= 0.3 is 6.18 Å². The van der Waals surface area contributed by atoms with E-state index in [0.29, 0.717) is 12.1 Å². The van der Waals surface area contributed by atoms with Crippen LogP contribution in [-0.4, -0.2) is 5.78 Å². The maximum Gasteiger partial charge on any atom is 0.419 e. The molecular weight excluding hydrogens is 288 g/mol. The van der Waals surface area contributed by atoms with Gasteiger partial charge in [-0.1, -0.05) is 0 Å². The van der Waals surface area contributed by atoms with Gasteiger partial charge in [0, 0.05) is 5.56 Å². The summed E-state index contributed by atoms with van der Waals surface area (Å²) in [4.78, 5) is 11.8. The van der Waals surface area contributed by atoms with Crippen LogP contribution in [0.1, 0.15) is 21.7 Å². The van der Waals surface area contributed by atoms with Crippen LogP contribution < -0.4 is 0 Å². The molecule has 2 aromatic rings. The van der Waals surface area contributed by atoms with Crippen LogP contribution in [0.5, 0.6) is 0 Å². The molecule has 0 saturated carbocycles. The number of halogens is 5. The van der Waals surface area contributed by atoms with Crippen molar-refractivity contribution in [1.29, 1.82) is 0 Å². The maximum absolute atomic E-state index is 13.1. The lowest BCUT2D eigenvalue weighted by Crippen LogP contribution is -2.10. The average molecular weight is 293 g/mol. The van der Waals surface area contributed by atoms with Gasteiger partial charge in [0.1, 0.15) is 5.82 Å². The van der Waals surface area contributed by atoms with Crippen molar-refractivity contribution >= 4 is 17.4 Å². The van der Waals surface area contributed by atoms with Crippen LogP contribution in [0.25, 0.3) is 0 Å². The lowest BCUT2D eigenvalue weighted by atomic mass is 10.0. The normalized spacial score (nSPS) is 11.6. The Bertz CT molecular complexity index is 631. The van der Waals surface area contributed by atoms with Gasteiger partial charge in [0.05, 0.1) is 5.56 Å². The third-order valence-electron chi connectivity index (χ3n) is 2.33. The number of hydrogen-bond acceptors (Lipinski definition) is 2. The summed E-state index contributed by atoms with van der Waals surface area (Å²) in [7, 11) is 0. The van der Waals surface area contributed by atoms with Gasteiger partial charge in [-0.15, -0.1) is 0 Å². The molecule has 1 aromatic heterocycles. The second-order valence-corrected chi connectivity index (χ2v) is 4.00. The van der Waals surface area contributed by atoms with Crippen LogP contribution in [0.15, 0.2) is 34.7 Å². The van der Waals surface area contributed by atoms with E-state index in [4.69, 9.17) is 16.0 Å². The summed E-state index contributed by atoms with van der Waals surface area (Å²) < 4.78 is 55.4. The van der Waals surface area contributed by atoms with Crippen molar-refractivity contribution in [1.82, 2.24) is 0 Å². The first-order valence-electron chi connectivity index (χ1n) is 4.96. The molecule has 0 bridgehead atoms. The topological polar surface area (TPSA) is 30.2 Å². The molecule has 0 aliphatic rings. The first-order valence-corrected chi connectivity index (χ1v) is 5.33. The van der Waals surface area contributed by atoms with Gasteiger partial charge in [0.25, 0.3) is 0 Å².